The Kier molecular flexibility index (Phi) is 3.75. The van der Waals surface area contributed by atoms with Gasteiger partial charge in [0, 0.05) is 6.61 Å². The summed E-state index contributed by atoms with van der Waals surface area (Å²) in [5.74, 6) is 0.453. The molecule has 1 aromatic rings. The van der Waals surface area contributed by atoms with Crippen LogP contribution in [0, 0.1) is 0 Å². The molecule has 2 heteroatoms. The van der Waals surface area contributed by atoms with Gasteiger partial charge in [-0.15, -0.1) is 0 Å². The molecule has 1 saturated heterocycles. The number of benzene rings is 1. The lowest BCUT2D eigenvalue weighted by Crippen LogP contribution is -2.18. The van der Waals surface area contributed by atoms with Gasteiger partial charge in [0.2, 0.25) is 0 Å². The van der Waals surface area contributed by atoms with Crippen molar-refractivity contribution in [2.75, 3.05) is 13.2 Å². The molecule has 1 heterocycles. The summed E-state index contributed by atoms with van der Waals surface area (Å²) in [4.78, 5) is 0. The maximum atomic E-state index is 5.83. The highest BCUT2D eigenvalue weighted by Gasteiger charge is 2.20. The molecule has 1 aliphatic rings. The standard InChI is InChI=1S/C13H19NO/c14-10-12(9-13-7-4-8-15-13)11-5-2-1-3-6-11/h1-3,5-6,12-13H,4,7-10,14H2. The van der Waals surface area contributed by atoms with Gasteiger partial charge in [0.15, 0.2) is 0 Å². The van der Waals surface area contributed by atoms with E-state index in [0.29, 0.717) is 18.6 Å². The minimum absolute atomic E-state index is 0.429. The molecule has 0 amide bonds. The maximum absolute atomic E-state index is 5.83. The van der Waals surface area contributed by atoms with Crippen molar-refractivity contribution < 1.29 is 4.74 Å². The minimum Gasteiger partial charge on any atom is -0.378 e. The van der Waals surface area contributed by atoms with Crippen LogP contribution in [0.2, 0.25) is 0 Å². The van der Waals surface area contributed by atoms with Gasteiger partial charge < -0.3 is 10.5 Å². The normalized spacial score (nSPS) is 22.9. The van der Waals surface area contributed by atoms with Gasteiger partial charge in [-0.25, -0.2) is 0 Å². The average molecular weight is 205 g/mol. The van der Waals surface area contributed by atoms with E-state index >= 15 is 0 Å². The third kappa shape index (κ3) is 2.80. The van der Waals surface area contributed by atoms with Crippen molar-refractivity contribution >= 4 is 0 Å². The van der Waals surface area contributed by atoms with Crippen LogP contribution in [0.15, 0.2) is 30.3 Å². The van der Waals surface area contributed by atoms with Crippen LogP contribution in [-0.2, 0) is 4.74 Å². The van der Waals surface area contributed by atoms with Crippen LogP contribution < -0.4 is 5.73 Å². The molecule has 2 atom stereocenters. The van der Waals surface area contributed by atoms with E-state index in [1.54, 1.807) is 0 Å². The average Bonchev–Trinajstić information content (AvgIpc) is 2.80. The summed E-state index contributed by atoms with van der Waals surface area (Å²) in [7, 11) is 0. The molecule has 0 aliphatic carbocycles. The van der Waals surface area contributed by atoms with E-state index < -0.39 is 0 Å². The number of nitrogens with two attached hydrogens (primary N) is 1. The van der Waals surface area contributed by atoms with Gasteiger partial charge in [0.1, 0.15) is 0 Å². The highest BCUT2D eigenvalue weighted by Crippen LogP contribution is 2.25. The van der Waals surface area contributed by atoms with Gasteiger partial charge in [-0.1, -0.05) is 30.3 Å². The number of hydrogen-bond acceptors (Lipinski definition) is 2. The summed E-state index contributed by atoms with van der Waals surface area (Å²) in [6.07, 6.45) is 3.90. The molecule has 0 bridgehead atoms. The van der Waals surface area contributed by atoms with Gasteiger partial charge >= 0.3 is 0 Å². The van der Waals surface area contributed by atoms with Crippen LogP contribution in [0.1, 0.15) is 30.7 Å². The molecule has 2 rings (SSSR count). The van der Waals surface area contributed by atoms with E-state index in [-0.39, 0.29) is 0 Å². The predicted octanol–water partition coefficient (Wildman–Crippen LogP) is 2.30. The molecule has 1 aliphatic heterocycles. The Morgan fingerprint density at radius 2 is 2.13 bits per heavy atom. The highest BCUT2D eigenvalue weighted by molar-refractivity contribution is 5.20. The van der Waals surface area contributed by atoms with Gasteiger partial charge in [-0.2, -0.15) is 0 Å². The SMILES string of the molecule is NCC(CC1CCCO1)c1ccccc1. The molecule has 0 aromatic heterocycles. The number of rotatable bonds is 4. The Morgan fingerprint density at radius 1 is 1.33 bits per heavy atom. The molecule has 15 heavy (non-hydrogen) atoms. The Balaban J connectivity index is 1.97. The zero-order chi connectivity index (χ0) is 10.5. The summed E-state index contributed by atoms with van der Waals surface area (Å²) in [5.41, 5.74) is 7.17. The molecule has 0 spiro atoms. The van der Waals surface area contributed by atoms with E-state index in [1.807, 2.05) is 6.07 Å². The first-order valence-corrected chi connectivity index (χ1v) is 5.76. The van der Waals surface area contributed by atoms with Crippen LogP contribution in [0.4, 0.5) is 0 Å². The Labute approximate surface area is 91.4 Å². The van der Waals surface area contributed by atoms with E-state index in [4.69, 9.17) is 10.5 Å². The lowest BCUT2D eigenvalue weighted by Gasteiger charge is -2.18. The summed E-state index contributed by atoms with van der Waals surface area (Å²) in [6.45, 7) is 1.64. The van der Waals surface area contributed by atoms with Crippen molar-refractivity contribution in [1.29, 1.82) is 0 Å². The molecule has 2 nitrogen and oxygen atoms in total. The van der Waals surface area contributed by atoms with Crippen LogP contribution in [-0.4, -0.2) is 19.3 Å². The van der Waals surface area contributed by atoms with Crippen molar-refractivity contribution in [2.45, 2.75) is 31.3 Å². The number of ether oxygens (including phenoxy) is 1. The topological polar surface area (TPSA) is 35.2 Å². The molecule has 1 fully saturated rings. The lowest BCUT2D eigenvalue weighted by atomic mass is 9.92. The van der Waals surface area contributed by atoms with Gasteiger partial charge in [-0.05, 0) is 37.3 Å². The predicted molar refractivity (Wildman–Crippen MR) is 61.8 cm³/mol. The van der Waals surface area contributed by atoms with Crippen molar-refractivity contribution in [3.05, 3.63) is 35.9 Å². The van der Waals surface area contributed by atoms with Gasteiger partial charge in [0.05, 0.1) is 6.10 Å². The van der Waals surface area contributed by atoms with Crippen LogP contribution in [0.3, 0.4) is 0 Å². The Hall–Kier alpha value is -0.860. The monoisotopic (exact) mass is 205 g/mol. The van der Waals surface area contributed by atoms with Crippen molar-refractivity contribution in [3.63, 3.8) is 0 Å². The van der Waals surface area contributed by atoms with Gasteiger partial charge in [-0.3, -0.25) is 0 Å². The molecule has 2 N–H and O–H groups in total. The fourth-order valence-electron chi connectivity index (χ4n) is 2.24. The lowest BCUT2D eigenvalue weighted by molar-refractivity contribution is 0.0984. The molecule has 2 unspecified atom stereocenters. The fraction of sp³-hybridized carbons (Fsp3) is 0.538. The summed E-state index contributed by atoms with van der Waals surface area (Å²) < 4.78 is 5.65. The molecule has 0 radical (unpaired) electrons. The first kappa shape index (κ1) is 10.7. The summed E-state index contributed by atoms with van der Waals surface area (Å²) >= 11 is 0. The fourth-order valence-corrected chi connectivity index (χ4v) is 2.24. The van der Waals surface area contributed by atoms with Crippen molar-refractivity contribution in [1.82, 2.24) is 0 Å². The van der Waals surface area contributed by atoms with Crippen LogP contribution >= 0.6 is 0 Å². The Bertz CT molecular complexity index is 280. The van der Waals surface area contributed by atoms with Crippen molar-refractivity contribution in [2.24, 2.45) is 5.73 Å². The van der Waals surface area contributed by atoms with Crippen molar-refractivity contribution in [3.8, 4) is 0 Å². The largest absolute Gasteiger partial charge is 0.378 e. The second kappa shape index (κ2) is 5.29. The number of hydrogen-bond donors (Lipinski definition) is 1. The third-order valence-electron chi connectivity index (χ3n) is 3.13. The van der Waals surface area contributed by atoms with Gasteiger partial charge in [0.25, 0.3) is 0 Å². The zero-order valence-electron chi connectivity index (χ0n) is 9.06. The Morgan fingerprint density at radius 3 is 2.73 bits per heavy atom. The zero-order valence-corrected chi connectivity index (χ0v) is 9.06. The second-order valence-corrected chi connectivity index (χ2v) is 4.21. The smallest absolute Gasteiger partial charge is 0.0582 e. The quantitative estimate of drug-likeness (QED) is 0.818. The van der Waals surface area contributed by atoms with E-state index in [9.17, 15) is 0 Å². The molecule has 82 valence electrons. The summed E-state index contributed by atoms with van der Waals surface area (Å²) in [5, 5.41) is 0. The van der Waals surface area contributed by atoms with E-state index in [1.165, 1.54) is 18.4 Å². The molecule has 1 aromatic carbocycles. The first-order valence-electron chi connectivity index (χ1n) is 5.76. The first-order chi connectivity index (χ1) is 7.40. The molecular weight excluding hydrogens is 186 g/mol. The second-order valence-electron chi connectivity index (χ2n) is 4.21. The van der Waals surface area contributed by atoms with E-state index in [0.717, 1.165) is 13.0 Å². The summed E-state index contributed by atoms with van der Waals surface area (Å²) in [6, 6.07) is 10.5. The minimum atomic E-state index is 0.429. The van der Waals surface area contributed by atoms with Crippen LogP contribution in [0.25, 0.3) is 0 Å². The van der Waals surface area contributed by atoms with E-state index in [2.05, 4.69) is 24.3 Å². The maximum Gasteiger partial charge on any atom is 0.0582 e. The molecule has 0 saturated carbocycles. The highest BCUT2D eigenvalue weighted by atomic mass is 16.5. The molecular formula is C13H19NO. The van der Waals surface area contributed by atoms with Crippen LogP contribution in [0.5, 0.6) is 0 Å². The third-order valence-corrected chi connectivity index (χ3v) is 3.13.